The Balaban J connectivity index is 1.72. The molecule has 0 aliphatic carbocycles. The van der Waals surface area contributed by atoms with Crippen molar-refractivity contribution in [2.45, 2.75) is 70.2 Å². The summed E-state index contributed by atoms with van der Waals surface area (Å²) in [6.45, 7) is 12.4. The fourth-order valence-electron chi connectivity index (χ4n) is 5.99. The van der Waals surface area contributed by atoms with Gasteiger partial charge in [-0.2, -0.15) is 0 Å². The minimum atomic E-state index is -3.90. The molecule has 0 saturated heterocycles. The zero-order valence-corrected chi connectivity index (χ0v) is 25.8. The summed E-state index contributed by atoms with van der Waals surface area (Å²) in [4.78, 5) is 0.179. The maximum atomic E-state index is 12.6. The fraction of sp³-hybridized carbons (Fsp3) is 0.419. The van der Waals surface area contributed by atoms with E-state index in [1.807, 2.05) is 12.1 Å². The Kier molecular flexibility index (Phi) is 8.48. The second-order valence-corrected chi connectivity index (χ2v) is 18.4. The van der Waals surface area contributed by atoms with E-state index in [-0.39, 0.29) is 15.3 Å². The van der Waals surface area contributed by atoms with E-state index < -0.39 is 17.4 Å². The van der Waals surface area contributed by atoms with Crippen molar-refractivity contribution in [3.8, 4) is 0 Å². The standard InChI is InChI=1S/C31H40ClNO3SSi/c1-6-31(7-2)22-25-20-24(21-28(37(32,34)35)29(25)33-23-31)18-19-36-38(30(3,4)5,26-14-10-8-11-15-26)27-16-12-9-13-17-27/h8-17,20-21,33H,6-7,18-19,22-23H2,1-5H3. The zero-order valence-electron chi connectivity index (χ0n) is 23.2. The van der Waals surface area contributed by atoms with Gasteiger partial charge in [0.1, 0.15) is 4.90 Å². The van der Waals surface area contributed by atoms with E-state index in [1.54, 1.807) is 6.07 Å². The molecule has 1 aliphatic rings. The van der Waals surface area contributed by atoms with Gasteiger partial charge in [0.25, 0.3) is 17.4 Å². The van der Waals surface area contributed by atoms with Crippen LogP contribution in [-0.4, -0.2) is 29.9 Å². The van der Waals surface area contributed by atoms with Crippen LogP contribution in [0.5, 0.6) is 0 Å². The van der Waals surface area contributed by atoms with Gasteiger partial charge in [-0.3, -0.25) is 0 Å². The number of benzene rings is 3. The summed E-state index contributed by atoms with van der Waals surface area (Å²) in [5.74, 6) is 0. The molecular weight excluding hydrogens is 530 g/mol. The first-order valence-electron chi connectivity index (χ1n) is 13.5. The monoisotopic (exact) mass is 569 g/mol. The third-order valence-electron chi connectivity index (χ3n) is 8.34. The molecule has 0 unspecified atom stereocenters. The van der Waals surface area contributed by atoms with E-state index >= 15 is 0 Å². The van der Waals surface area contributed by atoms with Crippen LogP contribution in [0.15, 0.2) is 77.7 Å². The highest BCUT2D eigenvalue weighted by molar-refractivity contribution is 8.13. The van der Waals surface area contributed by atoms with Crippen molar-refractivity contribution in [2.24, 2.45) is 5.41 Å². The van der Waals surface area contributed by atoms with Crippen LogP contribution in [-0.2, 0) is 26.3 Å². The van der Waals surface area contributed by atoms with Gasteiger partial charge in [-0.05, 0) is 63.7 Å². The normalized spacial score (nSPS) is 15.5. The first kappa shape index (κ1) is 28.9. The third kappa shape index (κ3) is 5.60. The van der Waals surface area contributed by atoms with Gasteiger partial charge in [-0.1, -0.05) is 101 Å². The summed E-state index contributed by atoms with van der Waals surface area (Å²) >= 11 is 0. The molecule has 1 N–H and O–H groups in total. The largest absolute Gasteiger partial charge is 0.407 e. The summed E-state index contributed by atoms with van der Waals surface area (Å²) in [6.07, 6.45) is 3.49. The molecule has 0 aromatic heterocycles. The van der Waals surface area contributed by atoms with Crippen molar-refractivity contribution in [3.05, 3.63) is 83.9 Å². The molecule has 38 heavy (non-hydrogen) atoms. The summed E-state index contributed by atoms with van der Waals surface area (Å²) in [5.41, 5.74) is 2.74. The molecule has 0 amide bonds. The van der Waals surface area contributed by atoms with Crippen molar-refractivity contribution in [3.63, 3.8) is 0 Å². The highest BCUT2D eigenvalue weighted by Gasteiger charge is 2.50. The topological polar surface area (TPSA) is 55.4 Å². The van der Waals surface area contributed by atoms with Gasteiger partial charge >= 0.3 is 0 Å². The van der Waals surface area contributed by atoms with Crippen LogP contribution >= 0.6 is 10.7 Å². The van der Waals surface area contributed by atoms with E-state index in [4.69, 9.17) is 15.1 Å². The molecule has 0 radical (unpaired) electrons. The lowest BCUT2D eigenvalue weighted by molar-refractivity contribution is 0.272. The van der Waals surface area contributed by atoms with Crippen LogP contribution in [0.1, 0.15) is 58.6 Å². The molecule has 7 heteroatoms. The molecule has 0 bridgehead atoms. The minimum absolute atomic E-state index is 0.115. The lowest BCUT2D eigenvalue weighted by Crippen LogP contribution is -2.66. The number of halogens is 1. The lowest BCUT2D eigenvalue weighted by atomic mass is 9.74. The molecule has 1 aliphatic heterocycles. The van der Waals surface area contributed by atoms with E-state index in [0.29, 0.717) is 18.7 Å². The molecule has 0 atom stereocenters. The Labute approximate surface area is 234 Å². The lowest BCUT2D eigenvalue weighted by Gasteiger charge is -2.43. The van der Waals surface area contributed by atoms with Crippen LogP contribution < -0.4 is 15.7 Å². The van der Waals surface area contributed by atoms with Gasteiger partial charge in [0, 0.05) is 23.8 Å². The summed E-state index contributed by atoms with van der Waals surface area (Å²) in [7, 11) is -0.635. The average Bonchev–Trinajstić information content (AvgIpc) is 2.90. The van der Waals surface area contributed by atoms with E-state index in [0.717, 1.165) is 36.9 Å². The molecule has 4 nitrogen and oxygen atoms in total. The van der Waals surface area contributed by atoms with Crippen molar-refractivity contribution < 1.29 is 12.8 Å². The third-order valence-corrected chi connectivity index (χ3v) is 14.7. The average molecular weight is 570 g/mol. The Hall–Kier alpha value is -2.12. The number of anilines is 1. The second-order valence-electron chi connectivity index (χ2n) is 11.6. The van der Waals surface area contributed by atoms with Gasteiger partial charge in [0.2, 0.25) is 0 Å². The number of hydrogen-bond acceptors (Lipinski definition) is 4. The first-order chi connectivity index (χ1) is 18.0. The van der Waals surface area contributed by atoms with Crippen molar-refractivity contribution in [2.75, 3.05) is 18.5 Å². The molecule has 204 valence electrons. The minimum Gasteiger partial charge on any atom is -0.407 e. The molecule has 1 heterocycles. The quantitative estimate of drug-likeness (QED) is 0.236. The van der Waals surface area contributed by atoms with E-state index in [9.17, 15) is 8.42 Å². The predicted molar refractivity (Wildman–Crippen MR) is 162 cm³/mol. The SMILES string of the molecule is CCC1(CC)CNc2c(cc(CCO[Si](c3ccccc3)(c3ccccc3)C(C)(C)C)cc2S(=O)(=O)Cl)C1. The molecule has 3 aromatic rings. The number of hydrogen-bond donors (Lipinski definition) is 1. The van der Waals surface area contributed by atoms with Crippen molar-refractivity contribution in [1.29, 1.82) is 0 Å². The van der Waals surface area contributed by atoms with Crippen LogP contribution in [0.25, 0.3) is 0 Å². The Morgan fingerprint density at radius 3 is 1.97 bits per heavy atom. The van der Waals surface area contributed by atoms with Gasteiger partial charge in [-0.15, -0.1) is 0 Å². The maximum Gasteiger partial charge on any atom is 0.263 e. The van der Waals surface area contributed by atoms with Crippen molar-refractivity contribution in [1.82, 2.24) is 0 Å². The summed E-state index contributed by atoms with van der Waals surface area (Å²) < 4.78 is 32.3. The highest BCUT2D eigenvalue weighted by atomic mass is 35.7. The van der Waals surface area contributed by atoms with Gasteiger partial charge < -0.3 is 9.74 Å². The van der Waals surface area contributed by atoms with Gasteiger partial charge in [-0.25, -0.2) is 8.42 Å². The van der Waals surface area contributed by atoms with Crippen LogP contribution in [0, 0.1) is 5.41 Å². The smallest absolute Gasteiger partial charge is 0.263 e. The summed E-state index contributed by atoms with van der Waals surface area (Å²) in [5, 5.41) is 5.75. The van der Waals surface area contributed by atoms with E-state index in [1.165, 1.54) is 10.4 Å². The molecule has 4 rings (SSSR count). The Morgan fingerprint density at radius 2 is 1.50 bits per heavy atom. The number of fused-ring (bicyclic) bond motifs is 1. The van der Waals surface area contributed by atoms with E-state index in [2.05, 4.69) is 94.5 Å². The number of rotatable bonds is 9. The first-order valence-corrected chi connectivity index (χ1v) is 17.8. The van der Waals surface area contributed by atoms with Gasteiger partial charge in [0.05, 0.1) is 5.69 Å². The Morgan fingerprint density at radius 1 is 0.947 bits per heavy atom. The zero-order chi connectivity index (χ0) is 27.6. The maximum absolute atomic E-state index is 12.6. The number of nitrogens with one attached hydrogen (secondary N) is 1. The molecule has 3 aromatic carbocycles. The van der Waals surface area contributed by atoms with Crippen LogP contribution in [0.2, 0.25) is 5.04 Å². The highest BCUT2D eigenvalue weighted by Crippen LogP contribution is 2.42. The fourth-order valence-corrected chi connectivity index (χ4v) is 11.7. The van der Waals surface area contributed by atoms with Gasteiger partial charge in [0.15, 0.2) is 0 Å². The molecule has 0 saturated carbocycles. The molecule has 0 spiro atoms. The van der Waals surface area contributed by atoms with Crippen LogP contribution in [0.3, 0.4) is 0 Å². The van der Waals surface area contributed by atoms with Crippen LogP contribution in [0.4, 0.5) is 5.69 Å². The second kappa shape index (κ2) is 11.2. The summed E-state index contributed by atoms with van der Waals surface area (Å²) in [6, 6.07) is 25.0. The Bertz CT molecular complexity index is 1310. The predicted octanol–water partition coefficient (Wildman–Crippen LogP) is 6.51. The van der Waals surface area contributed by atoms with Crippen molar-refractivity contribution >= 4 is 44.1 Å². The molecule has 0 fully saturated rings. The molecular formula is C31H40ClNO3SSi.